The average molecular weight is 174 g/mol. The largest absolute Gasteiger partial charge is 0.303 e. The third-order valence-corrected chi connectivity index (χ3v) is 3.11. The predicted molar refractivity (Wildman–Crippen MR) is 52.7 cm³/mol. The van der Waals surface area contributed by atoms with E-state index in [1.165, 1.54) is 11.1 Å². The molecule has 2 atom stereocenters. The molecule has 0 N–H and O–H groups in total. The first-order valence-electron chi connectivity index (χ1n) is 4.86. The lowest BCUT2D eigenvalue weighted by Crippen LogP contribution is -2.19. The summed E-state index contributed by atoms with van der Waals surface area (Å²) < 4.78 is 0. The molecule has 1 aromatic carbocycles. The van der Waals surface area contributed by atoms with Gasteiger partial charge in [-0.25, -0.2) is 0 Å². The van der Waals surface area contributed by atoms with Crippen molar-refractivity contribution in [1.82, 2.24) is 0 Å². The first kappa shape index (κ1) is 8.49. The molecule has 1 aliphatic carbocycles. The maximum atomic E-state index is 10.8. The highest BCUT2D eigenvalue weighted by molar-refractivity contribution is 5.57. The lowest BCUT2D eigenvalue weighted by Gasteiger charge is -2.27. The van der Waals surface area contributed by atoms with Crippen LogP contribution in [-0.4, -0.2) is 6.29 Å². The molecule has 0 saturated carbocycles. The number of hydrogen-bond donors (Lipinski definition) is 0. The minimum Gasteiger partial charge on any atom is -0.303 e. The van der Waals surface area contributed by atoms with Crippen molar-refractivity contribution in [3.63, 3.8) is 0 Å². The Hall–Kier alpha value is -1.11. The van der Waals surface area contributed by atoms with Gasteiger partial charge in [0.05, 0.1) is 0 Å². The molecule has 1 aromatic rings. The summed E-state index contributed by atoms with van der Waals surface area (Å²) in [4.78, 5) is 10.8. The van der Waals surface area contributed by atoms with Gasteiger partial charge in [-0.1, -0.05) is 31.2 Å². The van der Waals surface area contributed by atoms with E-state index in [0.717, 1.165) is 19.1 Å². The van der Waals surface area contributed by atoms with E-state index < -0.39 is 0 Å². The maximum absolute atomic E-state index is 10.8. The third-order valence-electron chi connectivity index (χ3n) is 3.11. The van der Waals surface area contributed by atoms with Crippen molar-refractivity contribution in [2.75, 3.05) is 0 Å². The number of benzene rings is 1. The third kappa shape index (κ3) is 1.39. The normalized spacial score (nSPS) is 26.5. The highest BCUT2D eigenvalue weighted by Gasteiger charge is 2.24. The molecular weight excluding hydrogens is 160 g/mol. The van der Waals surface area contributed by atoms with Gasteiger partial charge in [-0.15, -0.1) is 0 Å². The van der Waals surface area contributed by atoms with Crippen LogP contribution in [0.15, 0.2) is 24.3 Å². The second kappa shape index (κ2) is 3.33. The van der Waals surface area contributed by atoms with Gasteiger partial charge in [-0.3, -0.25) is 0 Å². The monoisotopic (exact) mass is 174 g/mol. The topological polar surface area (TPSA) is 17.1 Å². The second-order valence-electron chi connectivity index (χ2n) is 3.83. The summed E-state index contributed by atoms with van der Waals surface area (Å²) in [6, 6.07) is 8.46. The van der Waals surface area contributed by atoms with E-state index in [0.29, 0.717) is 5.92 Å². The number of carbonyl (C=O) groups is 1. The van der Waals surface area contributed by atoms with Crippen LogP contribution in [0, 0.1) is 5.92 Å². The van der Waals surface area contributed by atoms with E-state index in [2.05, 4.69) is 31.2 Å². The first-order valence-corrected chi connectivity index (χ1v) is 4.86. The van der Waals surface area contributed by atoms with Crippen molar-refractivity contribution >= 4 is 6.29 Å². The standard InChI is InChI=1S/C12H14O/c1-9-11(8-13)7-6-10-4-2-3-5-12(9)10/h2-5,8-9,11H,6-7H2,1H3. The lowest BCUT2D eigenvalue weighted by molar-refractivity contribution is -0.111. The molecule has 2 rings (SSSR count). The number of aryl methyl sites for hydroxylation is 1. The molecule has 1 nitrogen and oxygen atoms in total. The molecule has 0 aliphatic heterocycles. The highest BCUT2D eigenvalue weighted by Crippen LogP contribution is 2.34. The van der Waals surface area contributed by atoms with Gasteiger partial charge in [0.25, 0.3) is 0 Å². The summed E-state index contributed by atoms with van der Waals surface area (Å²) in [5, 5.41) is 0. The van der Waals surface area contributed by atoms with E-state index >= 15 is 0 Å². The molecule has 1 aliphatic rings. The Kier molecular flexibility index (Phi) is 2.17. The van der Waals surface area contributed by atoms with Gasteiger partial charge < -0.3 is 4.79 Å². The van der Waals surface area contributed by atoms with Gasteiger partial charge in [-0.05, 0) is 29.9 Å². The molecule has 0 bridgehead atoms. The first-order chi connectivity index (χ1) is 6.33. The number of rotatable bonds is 1. The van der Waals surface area contributed by atoms with Crippen LogP contribution in [0.5, 0.6) is 0 Å². The second-order valence-corrected chi connectivity index (χ2v) is 3.83. The molecule has 0 saturated heterocycles. The lowest BCUT2D eigenvalue weighted by atomic mass is 9.77. The minimum atomic E-state index is 0.231. The molecule has 0 fully saturated rings. The molecule has 0 amide bonds. The van der Waals surface area contributed by atoms with E-state index in [1.54, 1.807) is 0 Å². The van der Waals surface area contributed by atoms with E-state index in [4.69, 9.17) is 0 Å². The zero-order chi connectivity index (χ0) is 9.26. The molecule has 68 valence electrons. The zero-order valence-corrected chi connectivity index (χ0v) is 7.86. The summed E-state index contributed by atoms with van der Waals surface area (Å²) in [6.07, 6.45) is 3.19. The molecule has 0 spiro atoms. The van der Waals surface area contributed by atoms with Gasteiger partial charge in [-0.2, -0.15) is 0 Å². The number of aldehydes is 1. The summed E-state index contributed by atoms with van der Waals surface area (Å²) in [5.41, 5.74) is 2.79. The Morgan fingerprint density at radius 2 is 2.15 bits per heavy atom. The Bertz CT molecular complexity index is 317. The number of fused-ring (bicyclic) bond motifs is 1. The summed E-state index contributed by atoms with van der Waals surface area (Å²) in [7, 11) is 0. The number of hydrogen-bond acceptors (Lipinski definition) is 1. The fourth-order valence-corrected chi connectivity index (χ4v) is 2.19. The van der Waals surface area contributed by atoms with E-state index in [-0.39, 0.29) is 5.92 Å². The summed E-state index contributed by atoms with van der Waals surface area (Å²) in [5.74, 6) is 0.636. The van der Waals surface area contributed by atoms with Crippen LogP contribution in [0.3, 0.4) is 0 Å². The van der Waals surface area contributed by atoms with Crippen molar-refractivity contribution < 1.29 is 4.79 Å². The fraction of sp³-hybridized carbons (Fsp3) is 0.417. The van der Waals surface area contributed by atoms with E-state index in [1.807, 2.05) is 0 Å². The van der Waals surface area contributed by atoms with Crippen molar-refractivity contribution in [3.8, 4) is 0 Å². The molecule has 1 heteroatoms. The molecule has 0 radical (unpaired) electrons. The van der Waals surface area contributed by atoms with Gasteiger partial charge in [0.15, 0.2) is 0 Å². The zero-order valence-electron chi connectivity index (χ0n) is 7.86. The Morgan fingerprint density at radius 3 is 2.92 bits per heavy atom. The fourth-order valence-electron chi connectivity index (χ4n) is 2.19. The Morgan fingerprint density at radius 1 is 1.38 bits per heavy atom. The highest BCUT2D eigenvalue weighted by atomic mass is 16.1. The van der Waals surface area contributed by atoms with Crippen molar-refractivity contribution in [2.45, 2.75) is 25.7 Å². The van der Waals surface area contributed by atoms with Gasteiger partial charge in [0.1, 0.15) is 6.29 Å². The van der Waals surface area contributed by atoms with Gasteiger partial charge in [0.2, 0.25) is 0 Å². The molecule has 2 unspecified atom stereocenters. The van der Waals surface area contributed by atoms with E-state index in [9.17, 15) is 4.79 Å². The van der Waals surface area contributed by atoms with Crippen molar-refractivity contribution in [2.24, 2.45) is 5.92 Å². The molecule has 13 heavy (non-hydrogen) atoms. The van der Waals surface area contributed by atoms with Crippen LogP contribution in [-0.2, 0) is 11.2 Å². The molecular formula is C12H14O. The molecule has 0 aromatic heterocycles. The minimum absolute atomic E-state index is 0.231. The van der Waals surface area contributed by atoms with Crippen molar-refractivity contribution in [1.29, 1.82) is 0 Å². The van der Waals surface area contributed by atoms with Crippen LogP contribution in [0.25, 0.3) is 0 Å². The van der Waals surface area contributed by atoms with Crippen LogP contribution < -0.4 is 0 Å². The van der Waals surface area contributed by atoms with Crippen LogP contribution in [0.1, 0.15) is 30.4 Å². The summed E-state index contributed by atoms with van der Waals surface area (Å²) >= 11 is 0. The van der Waals surface area contributed by atoms with Crippen LogP contribution >= 0.6 is 0 Å². The average Bonchev–Trinajstić information content (AvgIpc) is 2.19. The van der Waals surface area contributed by atoms with Crippen LogP contribution in [0.2, 0.25) is 0 Å². The van der Waals surface area contributed by atoms with Gasteiger partial charge in [0, 0.05) is 5.92 Å². The predicted octanol–water partition coefficient (Wildman–Crippen LogP) is 2.55. The van der Waals surface area contributed by atoms with Crippen molar-refractivity contribution in [3.05, 3.63) is 35.4 Å². The quantitative estimate of drug-likeness (QED) is 0.598. The maximum Gasteiger partial charge on any atom is 0.123 e. The SMILES string of the molecule is CC1c2ccccc2CCC1C=O. The Labute approximate surface area is 78.8 Å². The smallest absolute Gasteiger partial charge is 0.123 e. The summed E-state index contributed by atoms with van der Waals surface area (Å²) in [6.45, 7) is 2.15. The number of carbonyl (C=O) groups excluding carboxylic acids is 1. The Balaban J connectivity index is 2.38. The molecule has 0 heterocycles. The van der Waals surface area contributed by atoms with Crippen LogP contribution in [0.4, 0.5) is 0 Å². The van der Waals surface area contributed by atoms with Gasteiger partial charge >= 0.3 is 0 Å².